The average molecular weight is 375 g/mol. The second kappa shape index (κ2) is 5.69. The lowest BCUT2D eigenvalue weighted by Crippen LogP contribution is -2.73. The zero-order valence-electron chi connectivity index (χ0n) is 17.0. The van der Waals surface area contributed by atoms with E-state index in [4.69, 9.17) is 18.9 Å². The Morgan fingerprint density at radius 3 is 2.52 bits per heavy atom. The lowest BCUT2D eigenvalue weighted by molar-refractivity contribution is -0.626. The number of hydrogen-bond acceptors (Lipinski definition) is 6. The number of rotatable bonds is 4. The van der Waals surface area contributed by atoms with Gasteiger partial charge in [0.15, 0.2) is 22.6 Å². The van der Waals surface area contributed by atoms with E-state index in [0.717, 1.165) is 19.3 Å². The number of fused-ring (bicyclic) bond motifs is 2. The van der Waals surface area contributed by atoms with E-state index in [1.165, 1.54) is 0 Å². The van der Waals surface area contributed by atoms with Crippen LogP contribution in [0.25, 0.3) is 11.1 Å². The van der Waals surface area contributed by atoms with Gasteiger partial charge in [-0.25, -0.2) is 9.87 Å². The lowest BCUT2D eigenvalue weighted by Gasteiger charge is -2.61. The van der Waals surface area contributed by atoms with E-state index in [0.29, 0.717) is 29.2 Å². The molecule has 0 aliphatic carbocycles. The summed E-state index contributed by atoms with van der Waals surface area (Å²) in [4.78, 5) is 16.0. The van der Waals surface area contributed by atoms with Gasteiger partial charge in [-0.05, 0) is 18.6 Å². The first-order valence-electron chi connectivity index (χ1n) is 9.72. The summed E-state index contributed by atoms with van der Waals surface area (Å²) >= 11 is 0. The predicted molar refractivity (Wildman–Crippen MR) is 100 cm³/mol. The van der Waals surface area contributed by atoms with Gasteiger partial charge < -0.3 is 14.3 Å². The summed E-state index contributed by atoms with van der Waals surface area (Å²) in [6.07, 6.45) is 2.80. The molecule has 3 heterocycles. The van der Waals surface area contributed by atoms with Gasteiger partial charge in [0.25, 0.3) is 5.79 Å². The van der Waals surface area contributed by atoms with Crippen LogP contribution in [0.4, 0.5) is 0 Å². The molecule has 2 fully saturated rings. The number of benzene rings is 1. The van der Waals surface area contributed by atoms with E-state index in [1.54, 1.807) is 6.07 Å². The normalized spacial score (nSPS) is 29.7. The number of aromatic hydroxyl groups is 1. The van der Waals surface area contributed by atoms with Crippen molar-refractivity contribution in [2.45, 2.75) is 72.2 Å². The topological polar surface area (TPSA) is 74.0 Å². The molecule has 1 N–H and O–H groups in total. The van der Waals surface area contributed by atoms with Crippen molar-refractivity contribution in [3.8, 4) is 5.75 Å². The molecule has 2 saturated heterocycles. The lowest BCUT2D eigenvalue weighted by atomic mass is 9.57. The van der Waals surface area contributed by atoms with Gasteiger partial charge in [-0.2, -0.15) is 4.89 Å². The minimum atomic E-state index is -1.09. The van der Waals surface area contributed by atoms with Crippen LogP contribution < -0.4 is 0 Å². The van der Waals surface area contributed by atoms with Gasteiger partial charge in [0.2, 0.25) is 0 Å². The second-order valence-corrected chi connectivity index (χ2v) is 9.44. The van der Waals surface area contributed by atoms with E-state index in [1.807, 2.05) is 6.07 Å². The molecule has 148 valence electrons. The fraction of sp³-hybridized carbons (Fsp3) is 0.667. The van der Waals surface area contributed by atoms with Gasteiger partial charge in [0.1, 0.15) is 5.75 Å². The minimum absolute atomic E-state index is 0.0648. The number of oxazole rings is 1. The molecule has 1 aromatic carbocycles. The third-order valence-corrected chi connectivity index (χ3v) is 6.04. The van der Waals surface area contributed by atoms with Crippen LogP contribution in [0, 0.1) is 10.8 Å². The summed E-state index contributed by atoms with van der Waals surface area (Å²) < 4.78 is 12.1. The molecule has 27 heavy (non-hydrogen) atoms. The predicted octanol–water partition coefficient (Wildman–Crippen LogP) is 4.83. The maximum absolute atomic E-state index is 10.6. The fourth-order valence-electron chi connectivity index (χ4n) is 4.92. The third kappa shape index (κ3) is 2.27. The zero-order chi connectivity index (χ0) is 19.7. The molecule has 6 heteroatoms. The fourth-order valence-corrected chi connectivity index (χ4v) is 4.92. The highest BCUT2D eigenvalue weighted by molar-refractivity contribution is 5.80. The highest BCUT2D eigenvalue weighted by Gasteiger charge is 2.81. The number of ether oxygens (including phenoxy) is 1. The van der Waals surface area contributed by atoms with E-state index >= 15 is 0 Å². The van der Waals surface area contributed by atoms with Crippen LogP contribution in [0.3, 0.4) is 0 Å². The highest BCUT2D eigenvalue weighted by Crippen LogP contribution is 2.69. The Labute approximate surface area is 159 Å². The van der Waals surface area contributed by atoms with Crippen molar-refractivity contribution in [3.05, 3.63) is 23.6 Å². The van der Waals surface area contributed by atoms with Crippen LogP contribution in [0.2, 0.25) is 0 Å². The van der Waals surface area contributed by atoms with E-state index in [-0.39, 0.29) is 16.6 Å². The average Bonchev–Trinajstić information content (AvgIpc) is 3.00. The summed E-state index contributed by atoms with van der Waals surface area (Å²) in [5, 5.41) is 10.6. The van der Waals surface area contributed by atoms with E-state index < -0.39 is 11.4 Å². The molecule has 0 radical (unpaired) electrons. The van der Waals surface area contributed by atoms with E-state index in [2.05, 4.69) is 46.5 Å². The first-order valence-corrected chi connectivity index (χ1v) is 9.72. The Morgan fingerprint density at radius 2 is 1.93 bits per heavy atom. The van der Waals surface area contributed by atoms with Crippen LogP contribution in [-0.4, -0.2) is 22.3 Å². The number of aryl methyl sites for hydroxylation is 1. The van der Waals surface area contributed by atoms with Crippen molar-refractivity contribution in [2.24, 2.45) is 10.8 Å². The molecule has 0 saturated carbocycles. The van der Waals surface area contributed by atoms with Gasteiger partial charge in [0, 0.05) is 22.8 Å². The maximum Gasteiger partial charge on any atom is 0.261 e. The van der Waals surface area contributed by atoms with Crippen LogP contribution in [0.1, 0.15) is 65.8 Å². The number of nitrogens with zero attached hydrogens (tertiary/aromatic N) is 1. The minimum Gasteiger partial charge on any atom is -0.506 e. The van der Waals surface area contributed by atoms with Crippen molar-refractivity contribution in [3.63, 3.8) is 0 Å². The van der Waals surface area contributed by atoms with Gasteiger partial charge in [-0.3, -0.25) is 0 Å². The van der Waals surface area contributed by atoms with Crippen LogP contribution in [-0.2, 0) is 26.7 Å². The van der Waals surface area contributed by atoms with Gasteiger partial charge in [0.05, 0.1) is 6.61 Å². The Balaban J connectivity index is 1.84. The number of unbranched alkanes of at least 4 members (excludes halogenated alkanes) is 1. The first-order chi connectivity index (χ1) is 12.6. The quantitative estimate of drug-likeness (QED) is 0.772. The standard InChI is InChI=1S/C21H29NO5/c1-7-8-9-16-22-17-14(23)10-13(11-15(17)25-16)20-21(27-26-20,18(2,3)4)19(5,6)12-24-20/h10-11,23H,7-9,12H2,1-6H3. The number of hydrogen-bond donors (Lipinski definition) is 1. The molecule has 0 spiro atoms. The summed E-state index contributed by atoms with van der Waals surface area (Å²) in [7, 11) is 0. The molecule has 1 aromatic heterocycles. The highest BCUT2D eigenvalue weighted by atomic mass is 17.3. The molecule has 2 unspecified atom stereocenters. The Hall–Kier alpha value is -1.63. The molecule has 2 aliphatic rings. The van der Waals surface area contributed by atoms with Crippen molar-refractivity contribution >= 4 is 11.1 Å². The van der Waals surface area contributed by atoms with Crippen molar-refractivity contribution in [1.29, 1.82) is 0 Å². The number of phenolic OH excluding ortho intramolecular Hbond substituents is 1. The summed E-state index contributed by atoms with van der Waals surface area (Å²) in [6.45, 7) is 13.2. The van der Waals surface area contributed by atoms with Gasteiger partial charge in [-0.1, -0.05) is 48.0 Å². The van der Waals surface area contributed by atoms with Crippen LogP contribution in [0.5, 0.6) is 5.75 Å². The molecular weight excluding hydrogens is 346 g/mol. The summed E-state index contributed by atoms with van der Waals surface area (Å²) in [5.74, 6) is -0.385. The summed E-state index contributed by atoms with van der Waals surface area (Å²) in [5.41, 5.74) is 0.471. The maximum atomic E-state index is 10.6. The van der Waals surface area contributed by atoms with Crippen molar-refractivity contribution in [1.82, 2.24) is 4.98 Å². The number of aromatic nitrogens is 1. The summed E-state index contributed by atoms with van der Waals surface area (Å²) in [6, 6.07) is 3.53. The van der Waals surface area contributed by atoms with Gasteiger partial charge >= 0.3 is 0 Å². The first kappa shape index (κ1) is 18.7. The molecular formula is C21H29NO5. The monoisotopic (exact) mass is 375 g/mol. The van der Waals surface area contributed by atoms with Crippen LogP contribution in [0.15, 0.2) is 16.5 Å². The zero-order valence-corrected chi connectivity index (χ0v) is 17.0. The Morgan fingerprint density at radius 1 is 1.19 bits per heavy atom. The Bertz CT molecular complexity index is 881. The SMILES string of the molecule is CCCCc1nc2c(O)cc(C34OCC(C)(C)C3(C(C)(C)C)OO4)cc2o1. The third-order valence-electron chi connectivity index (χ3n) is 6.04. The van der Waals surface area contributed by atoms with Crippen LogP contribution >= 0.6 is 0 Å². The second-order valence-electron chi connectivity index (χ2n) is 9.44. The smallest absolute Gasteiger partial charge is 0.261 e. The molecule has 4 rings (SSSR count). The molecule has 0 amide bonds. The molecule has 2 aromatic rings. The van der Waals surface area contributed by atoms with E-state index in [9.17, 15) is 5.11 Å². The van der Waals surface area contributed by atoms with Crippen molar-refractivity contribution < 1.29 is 24.0 Å². The molecule has 2 atom stereocenters. The molecule has 0 bridgehead atoms. The number of phenols is 1. The largest absolute Gasteiger partial charge is 0.506 e. The Kier molecular flexibility index (Phi) is 3.94. The molecule has 2 aliphatic heterocycles. The van der Waals surface area contributed by atoms with Crippen molar-refractivity contribution in [2.75, 3.05) is 6.61 Å². The van der Waals surface area contributed by atoms with Gasteiger partial charge in [-0.15, -0.1) is 0 Å². The molecule has 6 nitrogen and oxygen atoms in total.